The molecule has 7 nitrogen and oxygen atoms in total. The van der Waals surface area contributed by atoms with Gasteiger partial charge in [0.15, 0.2) is 0 Å². The third kappa shape index (κ3) is 4.98. The smallest absolute Gasteiger partial charge is 0.243 e. The molecule has 2 aromatic rings. The van der Waals surface area contributed by atoms with Crippen LogP contribution in [-0.2, 0) is 27.7 Å². The summed E-state index contributed by atoms with van der Waals surface area (Å²) in [5, 5.41) is 9.86. The molecule has 0 radical (unpaired) electrons. The van der Waals surface area contributed by atoms with Crippen LogP contribution in [0.1, 0.15) is 24.5 Å². The highest BCUT2D eigenvalue weighted by molar-refractivity contribution is 7.89. The number of benzene rings is 2. The number of anilines is 1. The summed E-state index contributed by atoms with van der Waals surface area (Å²) in [6.45, 7) is 3.48. The van der Waals surface area contributed by atoms with E-state index in [-0.39, 0.29) is 25.5 Å². The quantitative estimate of drug-likeness (QED) is 0.687. The molecule has 0 spiro atoms. The molecule has 0 aromatic heterocycles. The van der Waals surface area contributed by atoms with Gasteiger partial charge < -0.3 is 14.9 Å². The number of sulfonamides is 1. The lowest BCUT2D eigenvalue weighted by Crippen LogP contribution is -2.53. The Hall–Kier alpha value is -2.42. The van der Waals surface area contributed by atoms with Gasteiger partial charge in [0.2, 0.25) is 15.9 Å². The van der Waals surface area contributed by atoms with Crippen molar-refractivity contribution in [1.82, 2.24) is 9.21 Å². The van der Waals surface area contributed by atoms with Gasteiger partial charge in [0.1, 0.15) is 0 Å². The predicted octanol–water partition coefficient (Wildman–Crippen LogP) is 1.90. The van der Waals surface area contributed by atoms with Crippen LogP contribution >= 0.6 is 0 Å². The number of carbonyl (C=O) groups is 1. The van der Waals surface area contributed by atoms with E-state index in [4.69, 9.17) is 0 Å². The van der Waals surface area contributed by atoms with Gasteiger partial charge >= 0.3 is 0 Å². The van der Waals surface area contributed by atoms with Gasteiger partial charge in [-0.05, 0) is 61.6 Å². The van der Waals surface area contributed by atoms with Gasteiger partial charge in [-0.3, -0.25) is 4.79 Å². The predicted molar refractivity (Wildman–Crippen MR) is 124 cm³/mol. The van der Waals surface area contributed by atoms with Crippen molar-refractivity contribution in [2.45, 2.75) is 37.2 Å². The highest BCUT2D eigenvalue weighted by Gasteiger charge is 2.31. The lowest BCUT2D eigenvalue weighted by atomic mass is 10.1. The Bertz CT molecular complexity index is 1050. The minimum Gasteiger partial charge on any atom is -0.392 e. The third-order valence-electron chi connectivity index (χ3n) is 6.23. The standard InChI is InChI=1S/C24H31N3O4S/c1-19(28)17-26(22-8-3-2-4-9-22)18-24(29)25-12-14-27(15-13-25)32(30,31)23-11-10-20-6-5-7-21(20)16-23/h2-4,8-11,16,19,28H,5-7,12-15,17-18H2,1H3. The maximum Gasteiger partial charge on any atom is 0.243 e. The number of rotatable bonds is 7. The van der Waals surface area contributed by atoms with Crippen molar-refractivity contribution >= 4 is 21.6 Å². The molecule has 0 saturated carbocycles. The van der Waals surface area contributed by atoms with Crippen molar-refractivity contribution < 1.29 is 18.3 Å². The van der Waals surface area contributed by atoms with Crippen LogP contribution in [-0.4, -0.2) is 74.0 Å². The number of piperazine rings is 1. The van der Waals surface area contributed by atoms with Crippen LogP contribution in [0.4, 0.5) is 5.69 Å². The molecule has 1 aliphatic heterocycles. The second-order valence-corrected chi connectivity index (χ2v) is 10.6. The van der Waals surface area contributed by atoms with E-state index in [0.29, 0.717) is 24.5 Å². The van der Waals surface area contributed by atoms with E-state index in [2.05, 4.69) is 0 Å². The van der Waals surface area contributed by atoms with Crippen molar-refractivity contribution in [3.8, 4) is 0 Å². The Morgan fingerprint density at radius 1 is 1.03 bits per heavy atom. The molecule has 2 aliphatic rings. The summed E-state index contributed by atoms with van der Waals surface area (Å²) in [6.07, 6.45) is 2.46. The molecule has 1 amide bonds. The second kappa shape index (κ2) is 9.60. The van der Waals surface area contributed by atoms with Crippen LogP contribution < -0.4 is 4.90 Å². The molecule has 0 bridgehead atoms. The minimum atomic E-state index is -3.56. The van der Waals surface area contributed by atoms with Crippen molar-refractivity contribution in [3.63, 3.8) is 0 Å². The van der Waals surface area contributed by atoms with E-state index >= 15 is 0 Å². The summed E-state index contributed by atoms with van der Waals surface area (Å²) in [5.74, 6) is -0.0657. The van der Waals surface area contributed by atoms with Gasteiger partial charge in [-0.2, -0.15) is 4.31 Å². The van der Waals surface area contributed by atoms with Crippen molar-refractivity contribution in [1.29, 1.82) is 0 Å². The van der Waals surface area contributed by atoms with E-state index in [0.717, 1.165) is 30.5 Å². The Kier molecular flexibility index (Phi) is 6.83. The van der Waals surface area contributed by atoms with Crippen LogP contribution in [0.5, 0.6) is 0 Å². The first kappa shape index (κ1) is 22.8. The van der Waals surface area contributed by atoms with Gasteiger partial charge in [0, 0.05) is 38.4 Å². The molecule has 1 atom stereocenters. The number of fused-ring (bicyclic) bond motifs is 1. The zero-order chi connectivity index (χ0) is 22.7. The average molecular weight is 458 g/mol. The van der Waals surface area contributed by atoms with E-state index in [1.54, 1.807) is 17.9 Å². The number of hydrogen-bond donors (Lipinski definition) is 1. The molecule has 8 heteroatoms. The normalized spacial score (nSPS) is 17.8. The highest BCUT2D eigenvalue weighted by atomic mass is 32.2. The van der Waals surface area contributed by atoms with Crippen LogP contribution in [0.15, 0.2) is 53.4 Å². The highest BCUT2D eigenvalue weighted by Crippen LogP contribution is 2.27. The Morgan fingerprint density at radius 2 is 1.72 bits per heavy atom. The van der Waals surface area contributed by atoms with Crippen molar-refractivity contribution in [3.05, 3.63) is 59.7 Å². The summed E-state index contributed by atoms with van der Waals surface area (Å²) in [4.78, 5) is 16.9. The molecule has 4 rings (SSSR count). The molecule has 1 saturated heterocycles. The fourth-order valence-corrected chi connectivity index (χ4v) is 5.99. The number of hydrogen-bond acceptors (Lipinski definition) is 5. The molecule has 1 aliphatic carbocycles. The number of aliphatic hydroxyl groups excluding tert-OH is 1. The lowest BCUT2D eigenvalue weighted by molar-refractivity contribution is -0.130. The van der Waals surface area contributed by atoms with Crippen molar-refractivity contribution in [2.75, 3.05) is 44.2 Å². The monoisotopic (exact) mass is 457 g/mol. The maximum absolute atomic E-state index is 13.1. The fourth-order valence-electron chi connectivity index (χ4n) is 4.52. The van der Waals surface area contributed by atoms with Crippen LogP contribution in [0, 0.1) is 0 Å². The van der Waals surface area contributed by atoms with E-state index < -0.39 is 16.1 Å². The molecule has 32 heavy (non-hydrogen) atoms. The first-order valence-electron chi connectivity index (χ1n) is 11.2. The zero-order valence-corrected chi connectivity index (χ0v) is 19.3. The molecule has 1 unspecified atom stereocenters. The molecule has 1 fully saturated rings. The minimum absolute atomic E-state index is 0.0657. The molecule has 1 N–H and O–H groups in total. The number of para-hydroxylation sites is 1. The van der Waals surface area contributed by atoms with Gasteiger partial charge in [-0.15, -0.1) is 0 Å². The molecular weight excluding hydrogens is 426 g/mol. The van der Waals surface area contributed by atoms with Crippen LogP contribution in [0.25, 0.3) is 0 Å². The number of amides is 1. The van der Waals surface area contributed by atoms with Crippen LogP contribution in [0.3, 0.4) is 0 Å². The van der Waals surface area contributed by atoms with Gasteiger partial charge in [0.25, 0.3) is 0 Å². The van der Waals surface area contributed by atoms with E-state index in [1.807, 2.05) is 47.4 Å². The SMILES string of the molecule is CC(O)CN(CC(=O)N1CCN(S(=O)(=O)c2ccc3c(c2)CCC3)CC1)c1ccccc1. The second-order valence-electron chi connectivity index (χ2n) is 8.63. The van der Waals surface area contributed by atoms with Gasteiger partial charge in [0.05, 0.1) is 17.5 Å². The largest absolute Gasteiger partial charge is 0.392 e. The average Bonchev–Trinajstić information content (AvgIpc) is 3.27. The van der Waals surface area contributed by atoms with Gasteiger partial charge in [-0.25, -0.2) is 8.42 Å². The summed E-state index contributed by atoms with van der Waals surface area (Å²) in [5.41, 5.74) is 3.26. The maximum atomic E-state index is 13.1. The third-order valence-corrected chi connectivity index (χ3v) is 8.13. The number of aryl methyl sites for hydroxylation is 2. The Labute approximate surface area is 190 Å². The number of carbonyl (C=O) groups excluding carboxylic acids is 1. The first-order valence-corrected chi connectivity index (χ1v) is 12.7. The summed E-state index contributed by atoms with van der Waals surface area (Å²) in [7, 11) is -3.56. The zero-order valence-electron chi connectivity index (χ0n) is 18.5. The van der Waals surface area contributed by atoms with Crippen molar-refractivity contribution in [2.24, 2.45) is 0 Å². The number of nitrogens with zero attached hydrogens (tertiary/aromatic N) is 3. The van der Waals surface area contributed by atoms with E-state index in [1.165, 1.54) is 9.87 Å². The Morgan fingerprint density at radius 3 is 2.41 bits per heavy atom. The topological polar surface area (TPSA) is 81.2 Å². The molecular formula is C24H31N3O4S. The molecule has 2 aromatic carbocycles. The molecule has 1 heterocycles. The molecule has 172 valence electrons. The lowest BCUT2D eigenvalue weighted by Gasteiger charge is -2.35. The number of aliphatic hydroxyl groups is 1. The Balaban J connectivity index is 1.38. The summed E-state index contributed by atoms with van der Waals surface area (Å²) >= 11 is 0. The summed E-state index contributed by atoms with van der Waals surface area (Å²) in [6, 6.07) is 15.0. The summed E-state index contributed by atoms with van der Waals surface area (Å²) < 4.78 is 27.8. The first-order chi connectivity index (χ1) is 15.3. The van der Waals surface area contributed by atoms with Crippen LogP contribution in [0.2, 0.25) is 0 Å². The van der Waals surface area contributed by atoms with Gasteiger partial charge in [-0.1, -0.05) is 24.3 Å². The van der Waals surface area contributed by atoms with E-state index in [9.17, 15) is 18.3 Å². The fraction of sp³-hybridized carbons (Fsp3) is 0.458.